The van der Waals surface area contributed by atoms with Crippen molar-refractivity contribution in [2.24, 2.45) is 7.05 Å². The average Bonchev–Trinajstić information content (AvgIpc) is 3.28. The van der Waals surface area contributed by atoms with Crippen molar-refractivity contribution in [2.75, 3.05) is 18.1 Å². The van der Waals surface area contributed by atoms with Crippen LogP contribution in [0.5, 0.6) is 0 Å². The Kier molecular flexibility index (Phi) is 4.20. The van der Waals surface area contributed by atoms with E-state index in [0.29, 0.717) is 0 Å². The van der Waals surface area contributed by atoms with E-state index in [1.165, 1.54) is 10.3 Å². The smallest absolute Gasteiger partial charge is 0.188 e. The Morgan fingerprint density at radius 1 is 1.38 bits per heavy atom. The molecule has 3 aromatic rings. The van der Waals surface area contributed by atoms with E-state index in [2.05, 4.69) is 27.1 Å². The molecule has 6 nitrogen and oxygen atoms in total. The van der Waals surface area contributed by atoms with Gasteiger partial charge in [-0.15, -0.1) is 0 Å². The second kappa shape index (κ2) is 6.49. The number of aromatic nitrogens is 4. The van der Waals surface area contributed by atoms with Crippen molar-refractivity contribution in [3.05, 3.63) is 35.8 Å². The van der Waals surface area contributed by atoms with Crippen molar-refractivity contribution >= 4 is 26.8 Å². The van der Waals surface area contributed by atoms with E-state index in [1.807, 2.05) is 31.0 Å². The third kappa shape index (κ3) is 3.01. The number of thiazole rings is 1. The molecule has 0 aliphatic carbocycles. The molecule has 1 fully saturated rings. The molecule has 3 aromatic heterocycles. The summed E-state index contributed by atoms with van der Waals surface area (Å²) in [6, 6.07) is 4.12. The highest BCUT2D eigenvalue weighted by atomic mass is 32.1. The first kappa shape index (κ1) is 15.5. The molecule has 4 rings (SSSR count). The maximum Gasteiger partial charge on any atom is 0.188 e. The van der Waals surface area contributed by atoms with Crippen LogP contribution in [0.3, 0.4) is 0 Å². The van der Waals surface area contributed by atoms with E-state index in [0.717, 1.165) is 49.0 Å². The normalized spacial score (nSPS) is 17.7. The minimum Gasteiger partial charge on any atom is -0.376 e. The number of nitrogens with zero attached hydrogens (tertiary/aromatic N) is 5. The Balaban J connectivity index is 1.65. The van der Waals surface area contributed by atoms with Gasteiger partial charge in [0.2, 0.25) is 0 Å². The zero-order valence-corrected chi connectivity index (χ0v) is 14.8. The lowest BCUT2D eigenvalue weighted by Crippen LogP contribution is -2.31. The van der Waals surface area contributed by atoms with Gasteiger partial charge in [0.15, 0.2) is 10.8 Å². The molecule has 0 N–H and O–H groups in total. The molecule has 0 unspecified atom stereocenters. The highest BCUT2D eigenvalue weighted by molar-refractivity contribution is 7.22. The molecule has 0 saturated carbocycles. The Morgan fingerprint density at radius 2 is 2.21 bits per heavy atom. The Bertz CT molecular complexity index is 788. The maximum absolute atomic E-state index is 5.85. The zero-order chi connectivity index (χ0) is 16.5. The molecule has 1 aliphatic rings. The van der Waals surface area contributed by atoms with Gasteiger partial charge in [-0.3, -0.25) is 4.98 Å². The van der Waals surface area contributed by atoms with Crippen molar-refractivity contribution < 1.29 is 4.74 Å². The molecule has 0 spiro atoms. The molecule has 0 bridgehead atoms. The third-order valence-corrected chi connectivity index (χ3v) is 5.59. The van der Waals surface area contributed by atoms with Crippen molar-refractivity contribution in [3.63, 3.8) is 0 Å². The first-order chi connectivity index (χ1) is 11.7. The Hall–Kier alpha value is -1.99. The minimum absolute atomic E-state index is 0.290. The van der Waals surface area contributed by atoms with E-state index in [9.17, 15) is 0 Å². The number of pyridine rings is 1. The molecular weight excluding hydrogens is 322 g/mol. The molecule has 1 aliphatic heterocycles. The van der Waals surface area contributed by atoms with Crippen molar-refractivity contribution in [3.8, 4) is 0 Å². The summed E-state index contributed by atoms with van der Waals surface area (Å²) in [6.45, 7) is 4.59. The number of hydrogen-bond donors (Lipinski definition) is 0. The lowest BCUT2D eigenvalue weighted by molar-refractivity contribution is 0.115. The topological polar surface area (TPSA) is 56.1 Å². The molecule has 1 atom stereocenters. The van der Waals surface area contributed by atoms with Crippen molar-refractivity contribution in [2.45, 2.75) is 32.4 Å². The van der Waals surface area contributed by atoms with Crippen LogP contribution in [0.15, 0.2) is 24.5 Å². The van der Waals surface area contributed by atoms with Crippen LogP contribution in [0.1, 0.15) is 24.1 Å². The van der Waals surface area contributed by atoms with Crippen LogP contribution in [0.2, 0.25) is 0 Å². The molecular formula is C17H21N5OS. The van der Waals surface area contributed by atoms with Gasteiger partial charge in [0.25, 0.3) is 0 Å². The van der Waals surface area contributed by atoms with Gasteiger partial charge in [0.1, 0.15) is 0 Å². The summed E-state index contributed by atoms with van der Waals surface area (Å²) in [5, 5.41) is 5.49. The van der Waals surface area contributed by atoms with Gasteiger partial charge in [-0.1, -0.05) is 11.3 Å². The second-order valence-corrected chi connectivity index (χ2v) is 7.21. The van der Waals surface area contributed by atoms with E-state index in [1.54, 1.807) is 11.3 Å². The van der Waals surface area contributed by atoms with E-state index < -0.39 is 0 Å². The highest BCUT2D eigenvalue weighted by Crippen LogP contribution is 2.32. The van der Waals surface area contributed by atoms with Crippen LogP contribution >= 0.6 is 11.3 Å². The van der Waals surface area contributed by atoms with Gasteiger partial charge in [-0.2, -0.15) is 5.10 Å². The molecule has 0 radical (unpaired) electrons. The molecule has 126 valence electrons. The maximum atomic E-state index is 5.85. The van der Waals surface area contributed by atoms with Gasteiger partial charge < -0.3 is 9.64 Å². The highest BCUT2D eigenvalue weighted by Gasteiger charge is 2.23. The fourth-order valence-electron chi connectivity index (χ4n) is 3.16. The summed E-state index contributed by atoms with van der Waals surface area (Å²) in [5.74, 6) is 0. The Morgan fingerprint density at radius 3 is 2.92 bits per heavy atom. The lowest BCUT2D eigenvalue weighted by atomic mass is 10.2. The first-order valence-electron chi connectivity index (χ1n) is 8.26. The van der Waals surface area contributed by atoms with E-state index in [-0.39, 0.29) is 6.10 Å². The van der Waals surface area contributed by atoms with Crippen LogP contribution in [0, 0.1) is 6.92 Å². The fraction of sp³-hybridized carbons (Fsp3) is 0.471. The van der Waals surface area contributed by atoms with Crippen molar-refractivity contribution in [1.29, 1.82) is 0 Å². The number of aryl methyl sites for hydroxylation is 2. The summed E-state index contributed by atoms with van der Waals surface area (Å²) in [7, 11) is 1.95. The molecule has 24 heavy (non-hydrogen) atoms. The van der Waals surface area contributed by atoms with Gasteiger partial charge >= 0.3 is 0 Å². The molecule has 4 heterocycles. The predicted octanol–water partition coefficient (Wildman–Crippen LogP) is 2.92. The number of anilines is 1. The molecule has 0 amide bonds. The first-order valence-corrected chi connectivity index (χ1v) is 9.08. The number of ether oxygens (including phenoxy) is 1. The lowest BCUT2D eigenvalue weighted by Gasteiger charge is -2.24. The minimum atomic E-state index is 0.290. The number of hydrogen-bond acceptors (Lipinski definition) is 6. The Labute approximate surface area is 145 Å². The average molecular weight is 343 g/mol. The summed E-state index contributed by atoms with van der Waals surface area (Å²) in [5.41, 5.74) is 3.23. The van der Waals surface area contributed by atoms with Crippen LogP contribution in [-0.4, -0.2) is 39.0 Å². The zero-order valence-electron chi connectivity index (χ0n) is 14.0. The number of rotatable bonds is 5. The quantitative estimate of drug-likeness (QED) is 0.713. The summed E-state index contributed by atoms with van der Waals surface area (Å²) in [6.07, 6.45) is 6.24. The van der Waals surface area contributed by atoms with Gasteiger partial charge in [-0.25, -0.2) is 9.67 Å². The van der Waals surface area contributed by atoms with Crippen molar-refractivity contribution in [1.82, 2.24) is 19.7 Å². The predicted molar refractivity (Wildman–Crippen MR) is 95.4 cm³/mol. The largest absolute Gasteiger partial charge is 0.376 e. The van der Waals surface area contributed by atoms with Gasteiger partial charge in [0, 0.05) is 39.1 Å². The summed E-state index contributed by atoms with van der Waals surface area (Å²) in [4.78, 5) is 11.3. The third-order valence-electron chi connectivity index (χ3n) is 4.37. The van der Waals surface area contributed by atoms with Gasteiger partial charge in [0.05, 0.1) is 16.5 Å². The summed E-state index contributed by atoms with van der Waals surface area (Å²) >= 11 is 1.72. The van der Waals surface area contributed by atoms with Crippen LogP contribution in [0.4, 0.5) is 5.13 Å². The fourth-order valence-corrected chi connectivity index (χ4v) is 4.20. The molecule has 0 aromatic carbocycles. The van der Waals surface area contributed by atoms with Crippen LogP contribution in [0.25, 0.3) is 10.3 Å². The SMILES string of the molecule is Cc1nn(C)c2nc(N(Cc3ccncc3)C[C@@H]3CCCO3)sc12. The van der Waals surface area contributed by atoms with E-state index >= 15 is 0 Å². The van der Waals surface area contributed by atoms with Crippen LogP contribution in [-0.2, 0) is 18.3 Å². The summed E-state index contributed by atoms with van der Waals surface area (Å²) < 4.78 is 8.88. The molecule has 1 saturated heterocycles. The number of fused-ring (bicyclic) bond motifs is 1. The van der Waals surface area contributed by atoms with Gasteiger partial charge in [-0.05, 0) is 37.5 Å². The second-order valence-electron chi connectivity index (χ2n) is 6.23. The monoisotopic (exact) mass is 343 g/mol. The van der Waals surface area contributed by atoms with E-state index in [4.69, 9.17) is 9.72 Å². The molecule has 7 heteroatoms. The van der Waals surface area contributed by atoms with Crippen LogP contribution < -0.4 is 4.90 Å². The standard InChI is InChI=1S/C17H21N5OS/c1-12-15-16(21(2)20-12)19-17(24-15)22(11-14-4-3-9-23-14)10-13-5-7-18-8-6-13/h5-8,14H,3-4,9-11H2,1-2H3/t14-/m0/s1.